The summed E-state index contributed by atoms with van der Waals surface area (Å²) < 4.78 is 0. The highest BCUT2D eigenvalue weighted by Crippen LogP contribution is 2.20. The van der Waals surface area contributed by atoms with E-state index in [1.165, 1.54) is 25.9 Å². The normalized spacial score (nSPS) is 23.9. The van der Waals surface area contributed by atoms with Crippen molar-refractivity contribution in [1.82, 2.24) is 9.80 Å². The lowest BCUT2D eigenvalue weighted by molar-refractivity contribution is -0.138. The molecule has 3 nitrogen and oxygen atoms in total. The molecule has 14 heavy (non-hydrogen) atoms. The molecular weight excluding hydrogens is 176 g/mol. The first kappa shape index (κ1) is 9.97. The van der Waals surface area contributed by atoms with E-state index in [2.05, 4.69) is 11.8 Å². The van der Waals surface area contributed by atoms with E-state index in [1.54, 1.807) is 0 Å². The Labute approximate surface area is 86.1 Å². The molecule has 0 bridgehead atoms. The molecule has 0 spiro atoms. The highest BCUT2D eigenvalue weighted by atomic mass is 16.2. The maximum atomic E-state index is 11.5. The number of hydrogen-bond acceptors (Lipinski definition) is 2. The van der Waals surface area contributed by atoms with Crippen molar-refractivity contribution < 1.29 is 4.79 Å². The largest absolute Gasteiger partial charge is 0.339 e. The van der Waals surface area contributed by atoms with E-state index in [1.807, 2.05) is 4.90 Å². The van der Waals surface area contributed by atoms with Gasteiger partial charge in [0.2, 0.25) is 5.91 Å². The number of likely N-dealkylation sites (tertiary alicyclic amines) is 2. The first-order valence-corrected chi connectivity index (χ1v) is 5.83. The minimum Gasteiger partial charge on any atom is -0.339 e. The second-order valence-corrected chi connectivity index (χ2v) is 4.45. The summed E-state index contributed by atoms with van der Waals surface area (Å²) in [5.41, 5.74) is 0. The van der Waals surface area contributed by atoms with Crippen LogP contribution in [0.4, 0.5) is 0 Å². The summed E-state index contributed by atoms with van der Waals surface area (Å²) in [6, 6.07) is 0.679. The van der Waals surface area contributed by atoms with Gasteiger partial charge in [0.1, 0.15) is 0 Å². The second-order valence-electron chi connectivity index (χ2n) is 4.45. The van der Waals surface area contributed by atoms with Crippen molar-refractivity contribution in [2.75, 3.05) is 26.2 Å². The summed E-state index contributed by atoms with van der Waals surface area (Å²) >= 11 is 0. The molecule has 3 heteroatoms. The van der Waals surface area contributed by atoms with Gasteiger partial charge >= 0.3 is 0 Å². The molecule has 80 valence electrons. The first-order valence-electron chi connectivity index (χ1n) is 5.83. The number of hydrogen-bond donors (Lipinski definition) is 0. The molecule has 0 aromatic rings. The van der Waals surface area contributed by atoms with Crippen molar-refractivity contribution in [3.63, 3.8) is 0 Å². The summed E-state index contributed by atoms with van der Waals surface area (Å²) in [5, 5.41) is 0. The van der Waals surface area contributed by atoms with E-state index in [0.29, 0.717) is 11.9 Å². The predicted molar refractivity (Wildman–Crippen MR) is 56.1 cm³/mol. The molecule has 2 fully saturated rings. The fraction of sp³-hybridized carbons (Fsp3) is 0.909. The maximum Gasteiger partial charge on any atom is 0.222 e. The van der Waals surface area contributed by atoms with E-state index >= 15 is 0 Å². The zero-order chi connectivity index (χ0) is 9.97. The molecule has 0 atom stereocenters. The predicted octanol–water partition coefficient (Wildman–Crippen LogP) is 1.09. The van der Waals surface area contributed by atoms with Crippen LogP contribution in [-0.4, -0.2) is 47.9 Å². The van der Waals surface area contributed by atoms with Crippen molar-refractivity contribution in [2.24, 2.45) is 0 Å². The molecule has 0 unspecified atom stereocenters. The molecule has 0 saturated carbocycles. The van der Waals surface area contributed by atoms with Crippen molar-refractivity contribution in [3.8, 4) is 0 Å². The van der Waals surface area contributed by atoms with Crippen LogP contribution in [0.2, 0.25) is 0 Å². The van der Waals surface area contributed by atoms with Crippen molar-refractivity contribution >= 4 is 5.91 Å². The molecule has 0 radical (unpaired) electrons. The molecule has 2 rings (SSSR count). The van der Waals surface area contributed by atoms with Crippen LogP contribution in [0, 0.1) is 0 Å². The van der Waals surface area contributed by atoms with E-state index < -0.39 is 0 Å². The molecule has 0 N–H and O–H groups in total. The van der Waals surface area contributed by atoms with Gasteiger partial charge in [0.15, 0.2) is 0 Å². The molecule has 0 aromatic heterocycles. The Morgan fingerprint density at radius 1 is 1.29 bits per heavy atom. The third kappa shape index (κ3) is 1.92. The third-order valence-electron chi connectivity index (χ3n) is 3.34. The van der Waals surface area contributed by atoms with Gasteiger partial charge in [0, 0.05) is 25.6 Å². The fourth-order valence-electron chi connectivity index (χ4n) is 2.37. The summed E-state index contributed by atoms with van der Waals surface area (Å²) in [4.78, 5) is 16.0. The summed E-state index contributed by atoms with van der Waals surface area (Å²) in [7, 11) is 0. The molecule has 0 aliphatic carbocycles. The third-order valence-corrected chi connectivity index (χ3v) is 3.34. The van der Waals surface area contributed by atoms with Gasteiger partial charge in [-0.3, -0.25) is 9.69 Å². The Balaban J connectivity index is 1.70. The number of rotatable bonds is 3. The minimum atomic E-state index is 0.350. The monoisotopic (exact) mass is 196 g/mol. The van der Waals surface area contributed by atoms with Crippen LogP contribution >= 0.6 is 0 Å². The number of amides is 1. The van der Waals surface area contributed by atoms with Crippen LogP contribution in [0.5, 0.6) is 0 Å². The minimum absolute atomic E-state index is 0.350. The summed E-state index contributed by atoms with van der Waals surface area (Å²) in [6.07, 6.45) is 4.40. The topological polar surface area (TPSA) is 23.6 Å². The Hall–Kier alpha value is -0.570. The highest BCUT2D eigenvalue weighted by molar-refractivity contribution is 5.77. The van der Waals surface area contributed by atoms with Gasteiger partial charge in [-0.05, 0) is 32.4 Å². The zero-order valence-corrected chi connectivity index (χ0v) is 9.04. The average Bonchev–Trinajstić information content (AvgIpc) is 2.54. The van der Waals surface area contributed by atoms with Gasteiger partial charge in [-0.15, -0.1) is 0 Å². The lowest BCUT2D eigenvalue weighted by Crippen LogP contribution is -2.60. The summed E-state index contributed by atoms with van der Waals surface area (Å²) in [6.45, 7) is 6.54. The van der Waals surface area contributed by atoms with Crippen molar-refractivity contribution in [2.45, 2.75) is 38.6 Å². The maximum absolute atomic E-state index is 11.5. The second kappa shape index (κ2) is 4.30. The molecule has 2 heterocycles. The lowest BCUT2D eigenvalue weighted by atomic mass is 10.1. The van der Waals surface area contributed by atoms with Crippen LogP contribution in [0.3, 0.4) is 0 Å². The van der Waals surface area contributed by atoms with Crippen molar-refractivity contribution in [3.05, 3.63) is 0 Å². The smallest absolute Gasteiger partial charge is 0.222 e. The van der Waals surface area contributed by atoms with E-state index in [-0.39, 0.29) is 0 Å². The Morgan fingerprint density at radius 3 is 2.50 bits per heavy atom. The van der Waals surface area contributed by atoms with Crippen LogP contribution in [0.15, 0.2) is 0 Å². The van der Waals surface area contributed by atoms with Gasteiger partial charge in [-0.1, -0.05) is 6.92 Å². The van der Waals surface area contributed by atoms with Gasteiger partial charge in [-0.2, -0.15) is 0 Å². The Bertz CT molecular complexity index is 205. The van der Waals surface area contributed by atoms with E-state index in [9.17, 15) is 4.79 Å². The van der Waals surface area contributed by atoms with Crippen LogP contribution in [0.25, 0.3) is 0 Å². The molecule has 2 aliphatic heterocycles. The molecule has 1 amide bonds. The average molecular weight is 196 g/mol. The van der Waals surface area contributed by atoms with E-state index in [4.69, 9.17) is 0 Å². The van der Waals surface area contributed by atoms with Gasteiger partial charge in [0.05, 0.1) is 0 Å². The fourth-order valence-corrected chi connectivity index (χ4v) is 2.37. The van der Waals surface area contributed by atoms with Crippen molar-refractivity contribution in [1.29, 1.82) is 0 Å². The quantitative estimate of drug-likeness (QED) is 0.674. The van der Waals surface area contributed by atoms with Gasteiger partial charge < -0.3 is 4.90 Å². The first-order chi connectivity index (χ1) is 6.81. The van der Waals surface area contributed by atoms with Gasteiger partial charge in [-0.25, -0.2) is 0 Å². The Morgan fingerprint density at radius 2 is 1.93 bits per heavy atom. The zero-order valence-electron chi connectivity index (χ0n) is 9.04. The van der Waals surface area contributed by atoms with Gasteiger partial charge in [0.25, 0.3) is 0 Å². The molecular formula is C11H20N2O. The molecule has 2 saturated heterocycles. The molecule has 2 aliphatic rings. The van der Waals surface area contributed by atoms with Crippen LogP contribution in [-0.2, 0) is 4.79 Å². The highest BCUT2D eigenvalue weighted by Gasteiger charge is 2.34. The van der Waals surface area contributed by atoms with Crippen LogP contribution < -0.4 is 0 Å². The van der Waals surface area contributed by atoms with E-state index in [0.717, 1.165) is 25.9 Å². The number of carbonyl (C=O) groups excluding carboxylic acids is 1. The Kier molecular flexibility index (Phi) is 3.06. The standard InChI is InChI=1S/C11H20N2O/c1-2-5-11(14)13-8-10(9-13)12-6-3-4-7-12/h10H,2-9H2,1H3. The number of nitrogens with zero attached hydrogens (tertiary/aromatic N) is 2. The molecule has 0 aromatic carbocycles. The van der Waals surface area contributed by atoms with Crippen LogP contribution in [0.1, 0.15) is 32.6 Å². The lowest BCUT2D eigenvalue weighted by Gasteiger charge is -2.44. The SMILES string of the molecule is CCCC(=O)N1CC(N2CCCC2)C1. The number of carbonyl (C=O) groups is 1. The summed E-state index contributed by atoms with van der Waals surface area (Å²) in [5.74, 6) is 0.350.